The Bertz CT molecular complexity index is 873. The molecule has 2 nitrogen and oxygen atoms in total. The van der Waals surface area contributed by atoms with Crippen molar-refractivity contribution < 1.29 is 4.79 Å². The highest BCUT2D eigenvalue weighted by atomic mass is 35.5. The molecule has 1 heterocycles. The topological polar surface area (TPSA) is 29.1 Å². The Morgan fingerprint density at radius 2 is 1.91 bits per heavy atom. The Morgan fingerprint density at radius 1 is 1.09 bits per heavy atom. The molecule has 0 spiro atoms. The summed E-state index contributed by atoms with van der Waals surface area (Å²) in [6.07, 6.45) is 0.715. The van der Waals surface area contributed by atoms with Crippen LogP contribution in [0.2, 0.25) is 10.0 Å². The number of carbonyl (C=O) groups is 1. The number of carbonyl (C=O) groups excluding carboxylic acids is 1. The first kappa shape index (κ1) is 16.3. The minimum atomic E-state index is -0.0380. The number of halogens is 2. The number of fused-ring (bicyclic) bond motifs is 1. The molecule has 0 bridgehead atoms. The van der Waals surface area contributed by atoms with Gasteiger partial charge in [0.15, 0.2) is 0 Å². The largest absolute Gasteiger partial charge is 0.351 e. The van der Waals surface area contributed by atoms with Crippen molar-refractivity contribution in [3.8, 4) is 0 Å². The van der Waals surface area contributed by atoms with Gasteiger partial charge >= 0.3 is 0 Å². The lowest BCUT2D eigenvalue weighted by Crippen LogP contribution is -2.24. The van der Waals surface area contributed by atoms with E-state index < -0.39 is 0 Å². The van der Waals surface area contributed by atoms with Crippen molar-refractivity contribution >= 4 is 50.5 Å². The number of benzene rings is 2. The molecular formula is C18H15Cl2NOS. The second kappa shape index (κ2) is 6.91. The summed E-state index contributed by atoms with van der Waals surface area (Å²) in [4.78, 5) is 13.0. The molecule has 0 radical (unpaired) electrons. The predicted octanol–water partition coefficient (Wildman–Crippen LogP) is 5.49. The number of aryl methyl sites for hydroxylation is 1. The molecule has 0 aliphatic carbocycles. The van der Waals surface area contributed by atoms with Crippen molar-refractivity contribution in [1.82, 2.24) is 5.32 Å². The van der Waals surface area contributed by atoms with E-state index in [-0.39, 0.29) is 5.91 Å². The van der Waals surface area contributed by atoms with Gasteiger partial charge in [-0.3, -0.25) is 4.79 Å². The van der Waals surface area contributed by atoms with Gasteiger partial charge in [-0.1, -0.05) is 47.0 Å². The Hall–Kier alpha value is -1.55. The van der Waals surface area contributed by atoms with Gasteiger partial charge in [-0.2, -0.15) is 0 Å². The van der Waals surface area contributed by atoms with Crippen LogP contribution in [0.1, 0.15) is 20.8 Å². The van der Waals surface area contributed by atoms with Gasteiger partial charge in [0.25, 0.3) is 5.91 Å². The van der Waals surface area contributed by atoms with E-state index in [9.17, 15) is 4.79 Å². The molecule has 0 saturated carbocycles. The lowest BCUT2D eigenvalue weighted by Gasteiger charge is -2.05. The van der Waals surface area contributed by atoms with E-state index in [4.69, 9.17) is 23.2 Å². The van der Waals surface area contributed by atoms with E-state index in [1.807, 2.05) is 25.1 Å². The summed E-state index contributed by atoms with van der Waals surface area (Å²) in [5.41, 5.74) is 2.24. The smallest absolute Gasteiger partial charge is 0.261 e. The zero-order chi connectivity index (χ0) is 16.4. The van der Waals surface area contributed by atoms with Crippen LogP contribution in [0, 0.1) is 6.92 Å². The standard InChI is InChI=1S/C18H15Cl2NOS/c1-11-2-5-16-13(8-11)10-17(23-16)18(22)21-7-6-12-3-4-14(19)15(20)9-12/h2-5,8-10H,6-7H2,1H3,(H,21,22). The number of thiophene rings is 1. The summed E-state index contributed by atoms with van der Waals surface area (Å²) < 4.78 is 1.13. The van der Waals surface area contributed by atoms with E-state index in [1.165, 1.54) is 16.9 Å². The average Bonchev–Trinajstić information content (AvgIpc) is 2.94. The second-order valence-corrected chi connectivity index (χ2v) is 7.30. The summed E-state index contributed by atoms with van der Waals surface area (Å²) in [6, 6.07) is 13.7. The molecule has 3 rings (SSSR count). The summed E-state index contributed by atoms with van der Waals surface area (Å²) in [7, 11) is 0. The van der Waals surface area contributed by atoms with Gasteiger partial charge in [0.1, 0.15) is 0 Å². The molecule has 118 valence electrons. The molecule has 0 fully saturated rings. The zero-order valence-corrected chi connectivity index (χ0v) is 14.9. The van der Waals surface area contributed by atoms with Crippen molar-refractivity contribution in [1.29, 1.82) is 0 Å². The van der Waals surface area contributed by atoms with E-state index in [2.05, 4.69) is 23.5 Å². The maximum Gasteiger partial charge on any atom is 0.261 e. The summed E-state index contributed by atoms with van der Waals surface area (Å²) in [5.74, 6) is -0.0380. The predicted molar refractivity (Wildman–Crippen MR) is 99.1 cm³/mol. The van der Waals surface area contributed by atoms with Gasteiger partial charge < -0.3 is 5.32 Å². The molecule has 1 aromatic heterocycles. The highest BCUT2D eigenvalue weighted by Gasteiger charge is 2.10. The molecule has 0 saturated heterocycles. The highest BCUT2D eigenvalue weighted by molar-refractivity contribution is 7.20. The van der Waals surface area contributed by atoms with Crippen LogP contribution in [0.25, 0.3) is 10.1 Å². The maximum atomic E-state index is 12.3. The van der Waals surface area contributed by atoms with E-state index in [0.717, 1.165) is 20.5 Å². The summed E-state index contributed by atoms with van der Waals surface area (Å²) in [5, 5.41) is 5.15. The molecule has 3 aromatic rings. The fourth-order valence-corrected chi connectivity index (χ4v) is 3.66. The van der Waals surface area contributed by atoms with Gasteiger partial charge in [-0.15, -0.1) is 11.3 Å². The Labute approximate surface area is 149 Å². The highest BCUT2D eigenvalue weighted by Crippen LogP contribution is 2.26. The summed E-state index contributed by atoms with van der Waals surface area (Å²) >= 11 is 13.4. The fourth-order valence-electron chi connectivity index (χ4n) is 2.38. The van der Waals surface area contributed by atoms with Crippen LogP contribution in [0.15, 0.2) is 42.5 Å². The van der Waals surface area contributed by atoms with Gasteiger partial charge in [0.05, 0.1) is 14.9 Å². The SMILES string of the molecule is Cc1ccc2sc(C(=O)NCCc3ccc(Cl)c(Cl)c3)cc2c1. The molecule has 0 unspecified atom stereocenters. The second-order valence-electron chi connectivity index (χ2n) is 5.41. The maximum absolute atomic E-state index is 12.3. The fraction of sp³-hybridized carbons (Fsp3) is 0.167. The molecule has 0 aliphatic heterocycles. The number of amides is 1. The van der Waals surface area contributed by atoms with Crippen molar-refractivity contribution in [3.63, 3.8) is 0 Å². The van der Waals surface area contributed by atoms with E-state index >= 15 is 0 Å². The van der Waals surface area contributed by atoms with Crippen LogP contribution in [-0.4, -0.2) is 12.5 Å². The third-order valence-electron chi connectivity index (χ3n) is 3.58. The van der Waals surface area contributed by atoms with E-state index in [0.29, 0.717) is 23.0 Å². The van der Waals surface area contributed by atoms with E-state index in [1.54, 1.807) is 6.07 Å². The minimum Gasteiger partial charge on any atom is -0.351 e. The summed E-state index contributed by atoms with van der Waals surface area (Å²) in [6.45, 7) is 2.61. The quantitative estimate of drug-likeness (QED) is 0.652. The monoisotopic (exact) mass is 363 g/mol. The molecule has 1 amide bonds. The lowest BCUT2D eigenvalue weighted by atomic mass is 10.1. The Kier molecular flexibility index (Phi) is 4.90. The number of hydrogen-bond donors (Lipinski definition) is 1. The van der Waals surface area contributed by atoms with Crippen LogP contribution in [0.4, 0.5) is 0 Å². The average molecular weight is 364 g/mol. The molecular weight excluding hydrogens is 349 g/mol. The van der Waals surface area contributed by atoms with Gasteiger partial charge in [-0.25, -0.2) is 0 Å². The van der Waals surface area contributed by atoms with Crippen LogP contribution < -0.4 is 5.32 Å². The Balaban J connectivity index is 1.63. The molecule has 0 aliphatic rings. The minimum absolute atomic E-state index is 0.0380. The normalized spacial score (nSPS) is 10.9. The van der Waals surface area contributed by atoms with Crippen molar-refractivity contribution in [2.75, 3.05) is 6.54 Å². The third kappa shape index (κ3) is 3.86. The van der Waals surface area contributed by atoms with Gasteiger partial charge in [0.2, 0.25) is 0 Å². The first-order chi connectivity index (χ1) is 11.0. The van der Waals surface area contributed by atoms with Crippen molar-refractivity contribution in [2.45, 2.75) is 13.3 Å². The molecule has 23 heavy (non-hydrogen) atoms. The van der Waals surface area contributed by atoms with Gasteiger partial charge in [0, 0.05) is 11.2 Å². The Morgan fingerprint density at radius 3 is 2.70 bits per heavy atom. The van der Waals surface area contributed by atoms with Crippen molar-refractivity contribution in [3.05, 3.63) is 68.5 Å². The number of rotatable bonds is 4. The van der Waals surface area contributed by atoms with Crippen LogP contribution >= 0.6 is 34.5 Å². The van der Waals surface area contributed by atoms with Crippen molar-refractivity contribution in [2.24, 2.45) is 0 Å². The zero-order valence-electron chi connectivity index (χ0n) is 12.5. The van der Waals surface area contributed by atoms with Crippen LogP contribution in [0.5, 0.6) is 0 Å². The number of nitrogens with one attached hydrogen (secondary N) is 1. The number of hydrogen-bond acceptors (Lipinski definition) is 2. The molecule has 1 N–H and O–H groups in total. The molecule has 2 aromatic carbocycles. The third-order valence-corrected chi connectivity index (χ3v) is 5.43. The van der Waals surface area contributed by atoms with Gasteiger partial charge in [-0.05, 0) is 48.6 Å². The molecule has 0 atom stereocenters. The van der Waals surface area contributed by atoms with Crippen LogP contribution in [-0.2, 0) is 6.42 Å². The van der Waals surface area contributed by atoms with Crippen LogP contribution in [0.3, 0.4) is 0 Å². The molecule has 5 heteroatoms. The first-order valence-electron chi connectivity index (χ1n) is 7.25. The first-order valence-corrected chi connectivity index (χ1v) is 8.82. The lowest BCUT2D eigenvalue weighted by molar-refractivity contribution is 0.0958.